The standard InChI is InChI=1S/C30H36O3/c1-21(17-28(31)32)11-10-12-22(2)24-18-25-26(30(5,6)16-15-29(25,3)4)19-27(24)33-20-23-13-8-7-9-14-23/h7-14,17-19H,15-16,20H2,1-6H3,(H,31,32)/b11-10+,21-17+,22-12+. The fourth-order valence-electron chi connectivity index (χ4n) is 4.43. The molecule has 2 aromatic carbocycles. The van der Waals surface area contributed by atoms with Crippen LogP contribution in [0.2, 0.25) is 0 Å². The highest BCUT2D eigenvalue weighted by Gasteiger charge is 2.38. The predicted octanol–water partition coefficient (Wildman–Crippen LogP) is 7.61. The number of benzene rings is 2. The van der Waals surface area contributed by atoms with Gasteiger partial charge in [0.25, 0.3) is 0 Å². The molecule has 3 heteroatoms. The number of ether oxygens (including phenoxy) is 1. The van der Waals surface area contributed by atoms with Crippen molar-refractivity contribution in [1.82, 2.24) is 0 Å². The molecule has 0 fully saturated rings. The summed E-state index contributed by atoms with van der Waals surface area (Å²) in [6.07, 6.45) is 9.25. The molecule has 0 atom stereocenters. The van der Waals surface area contributed by atoms with E-state index in [4.69, 9.17) is 9.84 Å². The average Bonchev–Trinajstić information content (AvgIpc) is 2.75. The second kappa shape index (κ2) is 9.82. The summed E-state index contributed by atoms with van der Waals surface area (Å²) in [5, 5.41) is 8.92. The zero-order valence-electron chi connectivity index (χ0n) is 20.7. The van der Waals surface area contributed by atoms with E-state index in [0.717, 1.165) is 35.3 Å². The monoisotopic (exact) mass is 444 g/mol. The highest BCUT2D eigenvalue weighted by atomic mass is 16.5. The first-order chi connectivity index (χ1) is 15.5. The summed E-state index contributed by atoms with van der Waals surface area (Å²) >= 11 is 0. The Morgan fingerprint density at radius 2 is 1.61 bits per heavy atom. The van der Waals surface area contributed by atoms with Crippen LogP contribution in [0.1, 0.15) is 76.6 Å². The lowest BCUT2D eigenvalue weighted by molar-refractivity contribution is -0.131. The minimum Gasteiger partial charge on any atom is -0.488 e. The molecule has 0 amide bonds. The number of fused-ring (bicyclic) bond motifs is 1. The number of carboxylic acids is 1. The lowest BCUT2D eigenvalue weighted by Gasteiger charge is -2.42. The highest BCUT2D eigenvalue weighted by Crippen LogP contribution is 2.48. The number of hydrogen-bond acceptors (Lipinski definition) is 2. The summed E-state index contributed by atoms with van der Waals surface area (Å²) in [5.41, 5.74) is 6.96. The molecule has 0 aliphatic heterocycles. The van der Waals surface area contributed by atoms with Crippen LogP contribution in [0.4, 0.5) is 0 Å². The first-order valence-corrected chi connectivity index (χ1v) is 11.6. The van der Waals surface area contributed by atoms with Crippen LogP contribution < -0.4 is 4.74 Å². The molecule has 1 aliphatic rings. The summed E-state index contributed by atoms with van der Waals surface area (Å²) in [6.45, 7) is 13.7. The van der Waals surface area contributed by atoms with Gasteiger partial charge in [0.1, 0.15) is 12.4 Å². The molecule has 3 rings (SSSR count). The van der Waals surface area contributed by atoms with E-state index >= 15 is 0 Å². The molecule has 0 unspecified atom stereocenters. The topological polar surface area (TPSA) is 46.5 Å². The number of hydrogen-bond donors (Lipinski definition) is 1. The van der Waals surface area contributed by atoms with Crippen LogP contribution in [-0.4, -0.2) is 11.1 Å². The van der Waals surface area contributed by atoms with Crippen molar-refractivity contribution in [3.05, 3.63) is 94.6 Å². The maximum atomic E-state index is 10.9. The van der Waals surface area contributed by atoms with Gasteiger partial charge in [-0.1, -0.05) is 76.3 Å². The van der Waals surface area contributed by atoms with Crippen LogP contribution in [0.25, 0.3) is 5.57 Å². The van der Waals surface area contributed by atoms with E-state index in [1.807, 2.05) is 36.4 Å². The van der Waals surface area contributed by atoms with Gasteiger partial charge in [-0.15, -0.1) is 0 Å². The number of rotatable bonds is 7. The molecule has 0 heterocycles. The summed E-state index contributed by atoms with van der Waals surface area (Å²) in [4.78, 5) is 10.9. The predicted molar refractivity (Wildman–Crippen MR) is 137 cm³/mol. The maximum Gasteiger partial charge on any atom is 0.328 e. The van der Waals surface area contributed by atoms with Crippen LogP contribution in [0, 0.1) is 0 Å². The van der Waals surface area contributed by atoms with Crippen molar-refractivity contribution in [1.29, 1.82) is 0 Å². The number of carbonyl (C=O) groups is 1. The van der Waals surface area contributed by atoms with Gasteiger partial charge >= 0.3 is 5.97 Å². The van der Waals surface area contributed by atoms with Crippen molar-refractivity contribution in [2.75, 3.05) is 0 Å². The number of aliphatic carboxylic acids is 1. The average molecular weight is 445 g/mol. The van der Waals surface area contributed by atoms with Gasteiger partial charge in [-0.2, -0.15) is 0 Å². The molecule has 0 radical (unpaired) electrons. The molecule has 0 saturated heterocycles. The Morgan fingerprint density at radius 3 is 2.21 bits per heavy atom. The Balaban J connectivity index is 2.05. The van der Waals surface area contributed by atoms with Crippen molar-refractivity contribution in [2.24, 2.45) is 0 Å². The van der Waals surface area contributed by atoms with E-state index in [9.17, 15) is 4.79 Å². The van der Waals surface area contributed by atoms with Crippen LogP contribution in [0.3, 0.4) is 0 Å². The summed E-state index contributed by atoms with van der Waals surface area (Å²) in [7, 11) is 0. The van der Waals surface area contributed by atoms with E-state index in [-0.39, 0.29) is 10.8 Å². The fourth-order valence-corrected chi connectivity index (χ4v) is 4.43. The third kappa shape index (κ3) is 6.04. The number of allylic oxidation sites excluding steroid dienone is 5. The molecule has 3 nitrogen and oxygen atoms in total. The van der Waals surface area contributed by atoms with Crippen molar-refractivity contribution in [3.8, 4) is 5.75 Å². The van der Waals surface area contributed by atoms with Crippen LogP contribution in [0.15, 0.2) is 72.3 Å². The van der Waals surface area contributed by atoms with Crippen molar-refractivity contribution in [3.63, 3.8) is 0 Å². The van der Waals surface area contributed by atoms with Gasteiger partial charge in [-0.3, -0.25) is 0 Å². The molecule has 174 valence electrons. The van der Waals surface area contributed by atoms with E-state index < -0.39 is 5.97 Å². The smallest absolute Gasteiger partial charge is 0.328 e. The van der Waals surface area contributed by atoms with Gasteiger partial charge in [0, 0.05) is 11.6 Å². The first kappa shape index (κ1) is 24.6. The quantitative estimate of drug-likeness (QED) is 0.353. The Bertz CT molecular complexity index is 1100. The van der Waals surface area contributed by atoms with Crippen molar-refractivity contribution < 1.29 is 14.6 Å². The van der Waals surface area contributed by atoms with Crippen LogP contribution >= 0.6 is 0 Å². The Hall–Kier alpha value is -3.07. The van der Waals surface area contributed by atoms with E-state index in [0.29, 0.717) is 12.2 Å². The van der Waals surface area contributed by atoms with E-state index in [1.54, 1.807) is 6.92 Å². The zero-order chi connectivity index (χ0) is 24.2. The summed E-state index contributed by atoms with van der Waals surface area (Å²) in [6, 6.07) is 14.8. The van der Waals surface area contributed by atoms with Crippen molar-refractivity contribution >= 4 is 11.5 Å². The largest absolute Gasteiger partial charge is 0.488 e. The molecule has 2 aromatic rings. The molecule has 0 aromatic heterocycles. The highest BCUT2D eigenvalue weighted by molar-refractivity contribution is 5.81. The maximum absolute atomic E-state index is 10.9. The molecule has 0 spiro atoms. The SMILES string of the molecule is CC(/C=C/C=C(\C)c1cc2c(cc1OCc1ccccc1)C(C)(C)CCC2(C)C)=C\C(=O)O. The molecule has 0 bridgehead atoms. The molecular weight excluding hydrogens is 408 g/mol. The van der Waals surface area contributed by atoms with Crippen LogP contribution in [-0.2, 0) is 22.2 Å². The lowest BCUT2D eigenvalue weighted by atomic mass is 9.62. The minimum absolute atomic E-state index is 0.102. The first-order valence-electron chi connectivity index (χ1n) is 11.6. The molecule has 33 heavy (non-hydrogen) atoms. The van der Waals surface area contributed by atoms with E-state index in [1.165, 1.54) is 17.2 Å². The van der Waals surface area contributed by atoms with Gasteiger partial charge in [-0.05, 0) is 77.5 Å². The third-order valence-electron chi connectivity index (χ3n) is 6.67. The van der Waals surface area contributed by atoms with Gasteiger partial charge < -0.3 is 9.84 Å². The van der Waals surface area contributed by atoms with Gasteiger partial charge in [0.2, 0.25) is 0 Å². The third-order valence-corrected chi connectivity index (χ3v) is 6.67. The van der Waals surface area contributed by atoms with Crippen LogP contribution in [0.5, 0.6) is 5.75 Å². The Kier molecular flexibility index (Phi) is 7.31. The van der Waals surface area contributed by atoms with E-state index in [2.05, 4.69) is 58.9 Å². The Morgan fingerprint density at radius 1 is 1.00 bits per heavy atom. The number of carboxylic acid groups (broad SMARTS) is 1. The molecule has 0 saturated carbocycles. The van der Waals surface area contributed by atoms with Gasteiger partial charge in [-0.25, -0.2) is 4.79 Å². The summed E-state index contributed by atoms with van der Waals surface area (Å²) in [5.74, 6) is -0.0442. The Labute approximate surface area is 198 Å². The van der Waals surface area contributed by atoms with Crippen molar-refractivity contribution in [2.45, 2.75) is 71.8 Å². The zero-order valence-corrected chi connectivity index (χ0v) is 20.7. The normalized spacial score (nSPS) is 17.6. The summed E-state index contributed by atoms with van der Waals surface area (Å²) < 4.78 is 6.40. The molecular formula is C30H36O3. The lowest BCUT2D eigenvalue weighted by Crippen LogP contribution is -2.34. The molecule has 1 N–H and O–H groups in total. The molecule has 1 aliphatic carbocycles. The second-order valence-electron chi connectivity index (χ2n) is 10.4. The minimum atomic E-state index is -0.936. The fraction of sp³-hybridized carbons (Fsp3) is 0.367. The van der Waals surface area contributed by atoms with Gasteiger partial charge in [0.15, 0.2) is 0 Å². The second-order valence-corrected chi connectivity index (χ2v) is 10.4. The van der Waals surface area contributed by atoms with Gasteiger partial charge in [0.05, 0.1) is 0 Å².